The van der Waals surface area contributed by atoms with E-state index in [0.29, 0.717) is 17.4 Å². The van der Waals surface area contributed by atoms with Gasteiger partial charge in [0.1, 0.15) is 17.3 Å². The number of nitrogen functional groups attached to an aromatic ring is 1. The molecule has 0 atom stereocenters. The van der Waals surface area contributed by atoms with Crippen LogP contribution in [0, 0.1) is 16.8 Å². The van der Waals surface area contributed by atoms with Crippen LogP contribution in [0.25, 0.3) is 11.3 Å². The number of hydrogen-bond donors (Lipinski definition) is 1. The second-order valence-corrected chi connectivity index (χ2v) is 3.78. The predicted octanol–water partition coefficient (Wildman–Crippen LogP) is 2.81. The second-order valence-electron chi connectivity index (χ2n) is 2.80. The summed E-state index contributed by atoms with van der Waals surface area (Å²) in [6.07, 6.45) is 0. The Morgan fingerprint density at radius 3 is 2.47 bits per heavy atom. The maximum Gasteiger partial charge on any atom is 0.206 e. The smallest absolute Gasteiger partial charge is 0.206 e. The number of anilines is 1. The molecule has 0 fully saturated rings. The number of thiazole rings is 1. The minimum Gasteiger partial charge on any atom is -0.375 e. The highest BCUT2D eigenvalue weighted by molar-refractivity contribution is 7.14. The summed E-state index contributed by atoms with van der Waals surface area (Å²) in [6, 6.07) is 2.83. The first-order valence-corrected chi connectivity index (χ1v) is 4.77. The fourth-order valence-electron chi connectivity index (χ4n) is 1.16. The lowest BCUT2D eigenvalue weighted by atomic mass is 10.1. The van der Waals surface area contributed by atoms with E-state index in [0.717, 1.165) is 12.1 Å². The average Bonchev–Trinajstić information content (AvgIpc) is 2.45. The highest BCUT2D eigenvalue weighted by Crippen LogP contribution is 2.29. The molecule has 1 aromatic carbocycles. The lowest BCUT2D eigenvalue weighted by Gasteiger charge is -1.99. The molecule has 0 radical (unpaired) electrons. The molecule has 0 saturated carbocycles. The molecule has 2 aromatic rings. The monoisotopic (exact) mass is 230 g/mol. The van der Waals surface area contributed by atoms with E-state index in [1.807, 2.05) is 0 Å². The normalized spacial score (nSPS) is 10.6. The van der Waals surface area contributed by atoms with Gasteiger partial charge in [-0.2, -0.15) is 4.39 Å². The zero-order valence-electron chi connectivity index (χ0n) is 7.30. The Morgan fingerprint density at radius 2 is 1.93 bits per heavy atom. The van der Waals surface area contributed by atoms with Crippen molar-refractivity contribution in [3.63, 3.8) is 0 Å². The molecular weight excluding hydrogens is 225 g/mol. The van der Waals surface area contributed by atoms with E-state index in [1.165, 1.54) is 0 Å². The molecule has 2 nitrogen and oxygen atoms in total. The average molecular weight is 230 g/mol. The van der Waals surface area contributed by atoms with Gasteiger partial charge in [-0.25, -0.2) is 13.8 Å². The van der Waals surface area contributed by atoms with Crippen LogP contribution in [0.3, 0.4) is 0 Å². The van der Waals surface area contributed by atoms with E-state index in [9.17, 15) is 13.2 Å². The number of aromatic nitrogens is 1. The lowest BCUT2D eigenvalue weighted by molar-refractivity contribution is 0.583. The van der Waals surface area contributed by atoms with Gasteiger partial charge in [0.15, 0.2) is 5.13 Å². The number of nitrogens with two attached hydrogens (primary N) is 1. The van der Waals surface area contributed by atoms with Crippen molar-refractivity contribution in [2.24, 2.45) is 0 Å². The number of rotatable bonds is 1. The molecule has 6 heteroatoms. The first-order chi connectivity index (χ1) is 7.08. The van der Waals surface area contributed by atoms with Crippen LogP contribution in [0.5, 0.6) is 0 Å². The molecule has 0 bridgehead atoms. The van der Waals surface area contributed by atoms with E-state index in [-0.39, 0.29) is 16.4 Å². The van der Waals surface area contributed by atoms with E-state index in [2.05, 4.69) is 4.98 Å². The van der Waals surface area contributed by atoms with Crippen molar-refractivity contribution < 1.29 is 13.2 Å². The second kappa shape index (κ2) is 3.54. The van der Waals surface area contributed by atoms with Gasteiger partial charge in [-0.15, -0.1) is 0 Å². The highest BCUT2D eigenvalue weighted by atomic mass is 32.1. The van der Waals surface area contributed by atoms with E-state index < -0.39 is 16.8 Å². The summed E-state index contributed by atoms with van der Waals surface area (Å²) < 4.78 is 39.0. The predicted molar refractivity (Wildman–Crippen MR) is 51.8 cm³/mol. The summed E-state index contributed by atoms with van der Waals surface area (Å²) in [5.41, 5.74) is 4.99. The number of halogens is 3. The standard InChI is InChI=1S/C9H5F3N2S/c10-4-1-2-5(6(11)3-4)7-8(12)15-9(13)14-7/h1-3H,(H2,13,14). The van der Waals surface area contributed by atoms with E-state index in [1.54, 1.807) is 0 Å². The summed E-state index contributed by atoms with van der Waals surface area (Å²) in [5.74, 6) is -1.58. The molecule has 0 saturated heterocycles. The van der Waals surface area contributed by atoms with Gasteiger partial charge in [-0.3, -0.25) is 0 Å². The van der Waals surface area contributed by atoms with Gasteiger partial charge in [0.2, 0.25) is 5.13 Å². The Hall–Kier alpha value is -1.56. The minimum absolute atomic E-state index is 0.00576. The first kappa shape index (κ1) is 9.97. The summed E-state index contributed by atoms with van der Waals surface area (Å²) in [5, 5.41) is -0.677. The zero-order valence-corrected chi connectivity index (χ0v) is 8.12. The van der Waals surface area contributed by atoms with Gasteiger partial charge >= 0.3 is 0 Å². The number of nitrogens with zero attached hydrogens (tertiary/aromatic N) is 1. The van der Waals surface area contributed by atoms with E-state index >= 15 is 0 Å². The fraction of sp³-hybridized carbons (Fsp3) is 0. The Balaban J connectivity index is 2.59. The van der Waals surface area contributed by atoms with Gasteiger partial charge in [0.25, 0.3) is 0 Å². The van der Waals surface area contributed by atoms with Gasteiger partial charge in [0.05, 0.1) is 0 Å². The Morgan fingerprint density at radius 1 is 1.20 bits per heavy atom. The Kier molecular flexibility index (Phi) is 2.36. The Labute approximate surface area is 87.2 Å². The topological polar surface area (TPSA) is 38.9 Å². The van der Waals surface area contributed by atoms with Crippen LogP contribution < -0.4 is 5.73 Å². The third-order valence-corrected chi connectivity index (χ3v) is 2.46. The summed E-state index contributed by atoms with van der Waals surface area (Å²) >= 11 is 0.617. The maximum absolute atomic E-state index is 13.2. The largest absolute Gasteiger partial charge is 0.375 e. The third kappa shape index (κ3) is 1.80. The van der Waals surface area contributed by atoms with Crippen LogP contribution >= 0.6 is 11.3 Å². The fourth-order valence-corrected chi connectivity index (χ4v) is 1.74. The molecular formula is C9H5F3N2S. The molecule has 2 N–H and O–H groups in total. The van der Waals surface area contributed by atoms with Gasteiger partial charge in [-0.05, 0) is 12.1 Å². The minimum atomic E-state index is -0.862. The van der Waals surface area contributed by atoms with Crippen molar-refractivity contribution in [2.45, 2.75) is 0 Å². The lowest BCUT2D eigenvalue weighted by Crippen LogP contribution is -1.89. The maximum atomic E-state index is 13.2. The molecule has 0 unspecified atom stereocenters. The van der Waals surface area contributed by atoms with Crippen molar-refractivity contribution >= 4 is 16.5 Å². The first-order valence-electron chi connectivity index (χ1n) is 3.95. The van der Waals surface area contributed by atoms with Crippen molar-refractivity contribution in [1.29, 1.82) is 0 Å². The van der Waals surface area contributed by atoms with Crippen LogP contribution in [0.2, 0.25) is 0 Å². The summed E-state index contributed by atoms with van der Waals surface area (Å²) in [6.45, 7) is 0. The highest BCUT2D eigenvalue weighted by Gasteiger charge is 2.15. The molecule has 0 amide bonds. The SMILES string of the molecule is Nc1nc(-c2ccc(F)cc2F)c(F)s1. The number of benzene rings is 1. The van der Waals surface area contributed by atoms with E-state index in [4.69, 9.17) is 5.73 Å². The summed E-state index contributed by atoms with van der Waals surface area (Å²) in [7, 11) is 0. The zero-order chi connectivity index (χ0) is 11.0. The molecule has 78 valence electrons. The van der Waals surface area contributed by atoms with Gasteiger partial charge in [-0.1, -0.05) is 11.3 Å². The van der Waals surface area contributed by atoms with Crippen molar-refractivity contribution in [3.05, 3.63) is 35.0 Å². The quantitative estimate of drug-likeness (QED) is 0.818. The number of hydrogen-bond acceptors (Lipinski definition) is 3. The van der Waals surface area contributed by atoms with Gasteiger partial charge in [0, 0.05) is 11.6 Å². The molecule has 0 aliphatic rings. The molecule has 0 aliphatic heterocycles. The van der Waals surface area contributed by atoms with Crippen molar-refractivity contribution in [3.8, 4) is 11.3 Å². The molecule has 0 aliphatic carbocycles. The van der Waals surface area contributed by atoms with Crippen LogP contribution in [0.4, 0.5) is 18.3 Å². The van der Waals surface area contributed by atoms with Crippen molar-refractivity contribution in [1.82, 2.24) is 4.98 Å². The van der Waals surface area contributed by atoms with Crippen molar-refractivity contribution in [2.75, 3.05) is 5.73 Å². The third-order valence-electron chi connectivity index (χ3n) is 1.79. The molecule has 1 heterocycles. The molecule has 2 rings (SSSR count). The molecule has 1 aromatic heterocycles. The van der Waals surface area contributed by atoms with Crippen LogP contribution in [0.1, 0.15) is 0 Å². The van der Waals surface area contributed by atoms with Crippen LogP contribution in [-0.4, -0.2) is 4.98 Å². The van der Waals surface area contributed by atoms with Crippen LogP contribution in [0.15, 0.2) is 18.2 Å². The van der Waals surface area contributed by atoms with Crippen LogP contribution in [-0.2, 0) is 0 Å². The van der Waals surface area contributed by atoms with Gasteiger partial charge < -0.3 is 5.73 Å². The summed E-state index contributed by atoms with van der Waals surface area (Å²) in [4.78, 5) is 3.63. The molecule has 15 heavy (non-hydrogen) atoms. The molecule has 0 spiro atoms. The Bertz CT molecular complexity index is 510.